The molecule has 0 aromatic heterocycles. The first-order valence-corrected chi connectivity index (χ1v) is 4.79. The van der Waals surface area contributed by atoms with Gasteiger partial charge in [-0.2, -0.15) is 0 Å². The van der Waals surface area contributed by atoms with Gasteiger partial charge in [-0.15, -0.1) is 0 Å². The minimum absolute atomic E-state index is 0.0152. The highest BCUT2D eigenvalue weighted by Crippen LogP contribution is 2.34. The maximum atomic E-state index is 10.9. The van der Waals surface area contributed by atoms with Crippen LogP contribution in [0.5, 0.6) is 0 Å². The molecule has 4 unspecified atom stereocenters. The molecule has 4 atom stereocenters. The van der Waals surface area contributed by atoms with Crippen LogP contribution in [0.15, 0.2) is 0 Å². The van der Waals surface area contributed by atoms with Crippen LogP contribution in [-0.4, -0.2) is 30.6 Å². The Morgan fingerprint density at radius 2 is 1.54 bits per heavy atom. The molecule has 0 bridgehead atoms. The molecule has 2 rings (SSSR count). The fourth-order valence-electron chi connectivity index (χ4n) is 2.00. The monoisotopic (exact) mass is 186 g/mol. The van der Waals surface area contributed by atoms with Crippen LogP contribution in [0.4, 0.5) is 4.79 Å². The summed E-state index contributed by atoms with van der Waals surface area (Å²) in [6.07, 6.45) is 0.839. The molecule has 2 heterocycles. The second kappa shape index (κ2) is 3.18. The molecule has 0 aromatic carbocycles. The Bertz CT molecular complexity index is 196. The molecule has 0 amide bonds. The van der Waals surface area contributed by atoms with E-state index in [0.29, 0.717) is 0 Å². The fourth-order valence-corrected chi connectivity index (χ4v) is 2.00. The van der Waals surface area contributed by atoms with Crippen molar-refractivity contribution in [1.82, 2.24) is 0 Å². The summed E-state index contributed by atoms with van der Waals surface area (Å²) in [7, 11) is 0. The predicted octanol–water partition coefficient (Wildman–Crippen LogP) is 1.48. The van der Waals surface area contributed by atoms with Gasteiger partial charge in [-0.3, -0.25) is 0 Å². The fraction of sp³-hybridized carbons (Fsp3) is 0.889. The molecule has 74 valence electrons. The molecule has 13 heavy (non-hydrogen) atoms. The van der Waals surface area contributed by atoms with Gasteiger partial charge in [0, 0.05) is 0 Å². The number of carbonyl (C=O) groups is 1. The molecule has 2 saturated heterocycles. The minimum atomic E-state index is -0.546. The lowest BCUT2D eigenvalue weighted by molar-refractivity contribution is -0.0247. The Morgan fingerprint density at radius 1 is 1.08 bits per heavy atom. The van der Waals surface area contributed by atoms with Gasteiger partial charge < -0.3 is 14.2 Å². The predicted molar refractivity (Wildman–Crippen MR) is 44.4 cm³/mol. The largest absolute Gasteiger partial charge is 0.509 e. The topological polar surface area (TPSA) is 44.8 Å². The van der Waals surface area contributed by atoms with Crippen LogP contribution in [-0.2, 0) is 14.2 Å². The van der Waals surface area contributed by atoms with Crippen LogP contribution in [0.25, 0.3) is 0 Å². The molecule has 4 nitrogen and oxygen atoms in total. The molecule has 0 radical (unpaired) electrons. The highest BCUT2D eigenvalue weighted by atomic mass is 16.8. The maximum Gasteiger partial charge on any atom is 0.509 e. The van der Waals surface area contributed by atoms with Crippen LogP contribution >= 0.6 is 0 Å². The summed E-state index contributed by atoms with van der Waals surface area (Å²) in [5, 5.41) is 0. The highest BCUT2D eigenvalue weighted by Gasteiger charge is 2.52. The van der Waals surface area contributed by atoms with Crippen molar-refractivity contribution < 1.29 is 19.0 Å². The quantitative estimate of drug-likeness (QED) is 0.613. The summed E-state index contributed by atoms with van der Waals surface area (Å²) >= 11 is 0. The average molecular weight is 186 g/mol. The second-order valence-corrected chi connectivity index (χ2v) is 3.44. The molecular weight excluding hydrogens is 172 g/mol. The summed E-state index contributed by atoms with van der Waals surface area (Å²) in [5.74, 6) is 0. The number of rotatable bonds is 2. The zero-order valence-corrected chi connectivity index (χ0v) is 7.86. The van der Waals surface area contributed by atoms with E-state index in [1.165, 1.54) is 0 Å². The van der Waals surface area contributed by atoms with E-state index in [2.05, 4.69) is 0 Å². The van der Waals surface area contributed by atoms with E-state index in [4.69, 9.17) is 14.2 Å². The van der Waals surface area contributed by atoms with Crippen LogP contribution in [0.3, 0.4) is 0 Å². The summed E-state index contributed by atoms with van der Waals surface area (Å²) in [4.78, 5) is 10.9. The zero-order valence-electron chi connectivity index (χ0n) is 7.86. The average Bonchev–Trinajstić information content (AvgIpc) is 2.61. The van der Waals surface area contributed by atoms with E-state index in [-0.39, 0.29) is 24.4 Å². The molecule has 0 saturated carbocycles. The molecule has 2 aliphatic rings. The third kappa shape index (κ3) is 1.29. The van der Waals surface area contributed by atoms with Gasteiger partial charge in [-0.25, -0.2) is 4.79 Å². The highest BCUT2D eigenvalue weighted by molar-refractivity contribution is 5.63. The van der Waals surface area contributed by atoms with Crippen molar-refractivity contribution in [2.24, 2.45) is 0 Å². The molecule has 2 aliphatic heterocycles. The summed E-state index contributed by atoms with van der Waals surface area (Å²) in [5.41, 5.74) is 0. The normalized spacial score (nSPS) is 42.8. The molecule has 4 heteroatoms. The number of carbonyl (C=O) groups excluding carboxylic acids is 1. The van der Waals surface area contributed by atoms with E-state index in [1.54, 1.807) is 0 Å². The summed E-state index contributed by atoms with van der Waals surface area (Å²) in [6, 6.07) is 0. The van der Waals surface area contributed by atoms with Gasteiger partial charge in [0.15, 0.2) is 12.2 Å². The van der Waals surface area contributed by atoms with Crippen molar-refractivity contribution in [3.63, 3.8) is 0 Å². The third-order valence-corrected chi connectivity index (χ3v) is 2.68. The van der Waals surface area contributed by atoms with E-state index in [9.17, 15) is 4.79 Å². The molecular formula is C9H14O4. The lowest BCUT2D eigenvalue weighted by Gasteiger charge is -2.12. The first-order valence-electron chi connectivity index (χ1n) is 4.79. The van der Waals surface area contributed by atoms with Crippen LogP contribution in [0.1, 0.15) is 26.7 Å². The van der Waals surface area contributed by atoms with Crippen LogP contribution in [0, 0.1) is 0 Å². The van der Waals surface area contributed by atoms with Gasteiger partial charge >= 0.3 is 6.16 Å². The van der Waals surface area contributed by atoms with Crippen LogP contribution in [0.2, 0.25) is 0 Å². The second-order valence-electron chi connectivity index (χ2n) is 3.44. The number of hydrogen-bond acceptors (Lipinski definition) is 4. The van der Waals surface area contributed by atoms with Crippen molar-refractivity contribution in [3.8, 4) is 0 Å². The van der Waals surface area contributed by atoms with Crippen molar-refractivity contribution in [2.45, 2.75) is 51.1 Å². The Hall–Kier alpha value is -0.770. The molecule has 0 N–H and O–H groups in total. The lowest BCUT2D eigenvalue weighted by Crippen LogP contribution is -2.29. The smallest absolute Gasteiger partial charge is 0.424 e. The van der Waals surface area contributed by atoms with Crippen molar-refractivity contribution >= 4 is 6.16 Å². The van der Waals surface area contributed by atoms with E-state index >= 15 is 0 Å². The van der Waals surface area contributed by atoms with E-state index in [0.717, 1.165) is 12.8 Å². The molecule has 0 aromatic rings. The Balaban J connectivity index is 2.11. The SMILES string of the molecule is CCC1OC(CC)C2OC(=O)OC12. The minimum Gasteiger partial charge on any atom is -0.424 e. The Kier molecular flexibility index (Phi) is 2.15. The van der Waals surface area contributed by atoms with Gasteiger partial charge in [0.05, 0.1) is 12.2 Å². The number of fused-ring (bicyclic) bond motifs is 1. The first-order chi connectivity index (χ1) is 6.26. The lowest BCUT2D eigenvalue weighted by atomic mass is 10.1. The maximum absolute atomic E-state index is 10.9. The van der Waals surface area contributed by atoms with Gasteiger partial charge in [0.25, 0.3) is 0 Å². The molecule has 0 aliphatic carbocycles. The van der Waals surface area contributed by atoms with Crippen molar-refractivity contribution in [3.05, 3.63) is 0 Å². The van der Waals surface area contributed by atoms with E-state index < -0.39 is 6.16 Å². The van der Waals surface area contributed by atoms with Gasteiger partial charge in [0.1, 0.15) is 0 Å². The van der Waals surface area contributed by atoms with Crippen LogP contribution < -0.4 is 0 Å². The van der Waals surface area contributed by atoms with Gasteiger partial charge in [0.2, 0.25) is 0 Å². The molecule has 0 spiro atoms. The Morgan fingerprint density at radius 3 is 1.92 bits per heavy atom. The van der Waals surface area contributed by atoms with Crippen molar-refractivity contribution in [1.29, 1.82) is 0 Å². The summed E-state index contributed by atoms with van der Waals surface area (Å²) in [6.45, 7) is 4.04. The molecule has 2 fully saturated rings. The third-order valence-electron chi connectivity index (χ3n) is 2.68. The first kappa shape index (κ1) is 8.81. The van der Waals surface area contributed by atoms with E-state index in [1.807, 2.05) is 13.8 Å². The van der Waals surface area contributed by atoms with Gasteiger partial charge in [-0.1, -0.05) is 13.8 Å². The van der Waals surface area contributed by atoms with Gasteiger partial charge in [-0.05, 0) is 12.8 Å². The number of ether oxygens (including phenoxy) is 3. The summed E-state index contributed by atoms with van der Waals surface area (Å²) < 4.78 is 15.7. The number of hydrogen-bond donors (Lipinski definition) is 0. The zero-order chi connectivity index (χ0) is 9.42. The standard InChI is InChI=1S/C9H14O4/c1-3-5-7-8(6(4-2)11-5)13-9(10)12-7/h5-8H,3-4H2,1-2H3. The Labute approximate surface area is 77.1 Å². The van der Waals surface area contributed by atoms with Crippen molar-refractivity contribution in [2.75, 3.05) is 0 Å².